The van der Waals surface area contributed by atoms with Gasteiger partial charge in [-0.15, -0.1) is 0 Å². The zero-order valence-corrected chi connectivity index (χ0v) is 17.4. The molecule has 0 radical (unpaired) electrons. The van der Waals surface area contributed by atoms with Crippen LogP contribution in [0, 0.1) is 13.0 Å². The molecule has 2 N–H and O–H groups in total. The van der Waals surface area contributed by atoms with Crippen molar-refractivity contribution in [2.24, 2.45) is 0 Å². The quantitative estimate of drug-likeness (QED) is 0.349. The summed E-state index contributed by atoms with van der Waals surface area (Å²) in [7, 11) is 1.65. The first-order valence-electron chi connectivity index (χ1n) is 9.44. The predicted octanol–water partition coefficient (Wildman–Crippen LogP) is 1.21. The van der Waals surface area contributed by atoms with Crippen LogP contribution in [-0.2, 0) is 16.1 Å². The average Bonchev–Trinajstić information content (AvgIpc) is 3.36. The van der Waals surface area contributed by atoms with Crippen molar-refractivity contribution in [3.63, 3.8) is 0 Å². The lowest BCUT2D eigenvalue weighted by Crippen LogP contribution is -2.33. The minimum atomic E-state index is -0.877. The summed E-state index contributed by atoms with van der Waals surface area (Å²) in [6.07, 6.45) is 5.82. The number of halogens is 1. The predicted molar refractivity (Wildman–Crippen MR) is 110 cm³/mol. The topological polar surface area (TPSA) is 140 Å². The van der Waals surface area contributed by atoms with Gasteiger partial charge in [0.1, 0.15) is 24.7 Å². The van der Waals surface area contributed by atoms with Gasteiger partial charge in [0.2, 0.25) is 11.8 Å². The Kier molecular flexibility index (Phi) is 7.46. The number of anilines is 2. The molecule has 13 heteroatoms. The second-order valence-corrected chi connectivity index (χ2v) is 6.54. The molecular formula is C19H21FN8O4. The van der Waals surface area contributed by atoms with E-state index in [4.69, 9.17) is 9.26 Å². The molecule has 12 nitrogen and oxygen atoms in total. The zero-order valence-electron chi connectivity index (χ0n) is 17.4. The smallest absolute Gasteiger partial charge is 0.310 e. The fourth-order valence-electron chi connectivity index (χ4n) is 2.40. The van der Waals surface area contributed by atoms with Crippen molar-refractivity contribution in [2.75, 3.05) is 30.8 Å². The van der Waals surface area contributed by atoms with Gasteiger partial charge in [-0.2, -0.15) is 14.5 Å². The summed E-state index contributed by atoms with van der Waals surface area (Å²) in [4.78, 5) is 32.6. The summed E-state index contributed by atoms with van der Waals surface area (Å²) in [6, 6.07) is 3.10. The van der Waals surface area contributed by atoms with E-state index in [-0.39, 0.29) is 24.9 Å². The van der Waals surface area contributed by atoms with Gasteiger partial charge in [-0.3, -0.25) is 14.3 Å². The molecule has 0 atom stereocenters. The Balaban J connectivity index is 1.40. The highest BCUT2D eigenvalue weighted by Crippen LogP contribution is 2.10. The Labute approximate surface area is 182 Å². The summed E-state index contributed by atoms with van der Waals surface area (Å²) >= 11 is 0. The fourth-order valence-corrected chi connectivity index (χ4v) is 2.40. The van der Waals surface area contributed by atoms with E-state index in [0.29, 0.717) is 23.9 Å². The molecule has 0 aromatic carbocycles. The maximum atomic E-state index is 12.9. The SMILES string of the molecule is Cc1cc(OCCN(C)C(=O)Cn2cc(NC(=O)C=CNc3ccnc(F)n3)cn2)no1. The van der Waals surface area contributed by atoms with Gasteiger partial charge in [0.05, 0.1) is 18.4 Å². The third-order valence-corrected chi connectivity index (χ3v) is 4.00. The fraction of sp³-hybridized carbons (Fsp3) is 0.263. The molecule has 0 aliphatic heterocycles. The summed E-state index contributed by atoms with van der Waals surface area (Å²) in [5.41, 5.74) is 0.410. The van der Waals surface area contributed by atoms with Gasteiger partial charge >= 0.3 is 6.08 Å². The van der Waals surface area contributed by atoms with Crippen molar-refractivity contribution in [2.45, 2.75) is 13.5 Å². The van der Waals surface area contributed by atoms with Crippen molar-refractivity contribution >= 4 is 23.3 Å². The number of rotatable bonds is 10. The van der Waals surface area contributed by atoms with E-state index in [2.05, 4.69) is 30.9 Å². The molecule has 3 heterocycles. The summed E-state index contributed by atoms with van der Waals surface area (Å²) in [6.45, 7) is 2.36. The summed E-state index contributed by atoms with van der Waals surface area (Å²) in [5, 5.41) is 13.0. The lowest BCUT2D eigenvalue weighted by Gasteiger charge is -2.16. The molecule has 3 aromatic rings. The number of hydrogen-bond donors (Lipinski definition) is 2. The molecular weight excluding hydrogens is 423 g/mol. The van der Waals surface area contributed by atoms with Crippen LogP contribution in [0.3, 0.4) is 0 Å². The molecule has 0 saturated heterocycles. The molecule has 0 aliphatic rings. The maximum Gasteiger partial charge on any atom is 0.310 e. The van der Waals surface area contributed by atoms with Crippen molar-refractivity contribution in [1.82, 2.24) is 29.8 Å². The minimum absolute atomic E-state index is 0.00783. The molecule has 2 amide bonds. The molecule has 32 heavy (non-hydrogen) atoms. The van der Waals surface area contributed by atoms with Gasteiger partial charge in [-0.1, -0.05) is 0 Å². The van der Waals surface area contributed by atoms with Crippen LogP contribution in [-0.4, -0.2) is 61.8 Å². The number of likely N-dealkylation sites (N-methyl/N-ethyl adjacent to an activating group) is 1. The first-order valence-corrected chi connectivity index (χ1v) is 9.44. The Morgan fingerprint density at radius 2 is 2.25 bits per heavy atom. The van der Waals surface area contributed by atoms with Gasteiger partial charge in [0.15, 0.2) is 0 Å². The number of ether oxygens (including phenoxy) is 1. The van der Waals surface area contributed by atoms with Crippen LogP contribution in [0.25, 0.3) is 0 Å². The van der Waals surface area contributed by atoms with E-state index < -0.39 is 12.0 Å². The highest BCUT2D eigenvalue weighted by molar-refractivity contribution is 5.99. The molecule has 3 aromatic heterocycles. The molecule has 0 spiro atoms. The van der Waals surface area contributed by atoms with Crippen LogP contribution in [0.5, 0.6) is 5.88 Å². The third kappa shape index (κ3) is 6.90. The van der Waals surface area contributed by atoms with Crippen molar-refractivity contribution < 1.29 is 23.2 Å². The van der Waals surface area contributed by atoms with Crippen LogP contribution >= 0.6 is 0 Å². The Hall–Kier alpha value is -4.29. The van der Waals surface area contributed by atoms with E-state index in [1.165, 1.54) is 46.5 Å². The standard InChI is InChI=1S/C19H21FN8O4/c1-13-9-17(26-32-13)31-8-7-27(2)18(30)12-28-11-14(10-23-28)24-16(29)4-6-21-15-3-5-22-19(20)25-15/h3-6,9-11H,7-8,12H2,1-2H3,(H,24,29)(H,21,22,25). The summed E-state index contributed by atoms with van der Waals surface area (Å²) in [5.74, 6) is 0.573. The van der Waals surface area contributed by atoms with Crippen LogP contribution in [0.1, 0.15) is 5.76 Å². The van der Waals surface area contributed by atoms with Crippen molar-refractivity contribution in [3.8, 4) is 5.88 Å². The molecule has 3 rings (SSSR count). The lowest BCUT2D eigenvalue weighted by molar-refractivity contribution is -0.131. The molecule has 0 fully saturated rings. The van der Waals surface area contributed by atoms with Crippen LogP contribution in [0.2, 0.25) is 0 Å². The molecule has 0 aliphatic carbocycles. The van der Waals surface area contributed by atoms with Gasteiger partial charge < -0.3 is 24.8 Å². The first kappa shape index (κ1) is 22.4. The van der Waals surface area contributed by atoms with Crippen molar-refractivity contribution in [3.05, 3.63) is 54.8 Å². The number of hydrogen-bond acceptors (Lipinski definition) is 9. The Morgan fingerprint density at radius 1 is 1.41 bits per heavy atom. The van der Waals surface area contributed by atoms with Gasteiger partial charge in [0.25, 0.3) is 5.88 Å². The Morgan fingerprint density at radius 3 is 3.00 bits per heavy atom. The third-order valence-electron chi connectivity index (χ3n) is 4.00. The normalized spacial score (nSPS) is 10.8. The Bertz CT molecular complexity index is 1100. The number of aromatic nitrogens is 5. The van der Waals surface area contributed by atoms with Crippen LogP contribution in [0.15, 0.2) is 47.5 Å². The van der Waals surface area contributed by atoms with Crippen LogP contribution < -0.4 is 15.4 Å². The second kappa shape index (κ2) is 10.7. The number of nitrogens with zero attached hydrogens (tertiary/aromatic N) is 6. The first-order chi connectivity index (χ1) is 15.4. The molecule has 0 bridgehead atoms. The lowest BCUT2D eigenvalue weighted by atomic mass is 10.4. The largest absolute Gasteiger partial charge is 0.474 e. The maximum absolute atomic E-state index is 12.9. The van der Waals surface area contributed by atoms with E-state index >= 15 is 0 Å². The van der Waals surface area contributed by atoms with Gasteiger partial charge in [-0.05, 0) is 18.1 Å². The summed E-state index contributed by atoms with van der Waals surface area (Å²) < 4.78 is 24.6. The van der Waals surface area contributed by atoms with E-state index in [1.54, 1.807) is 20.0 Å². The van der Waals surface area contributed by atoms with E-state index in [0.717, 1.165) is 0 Å². The molecule has 0 unspecified atom stereocenters. The highest BCUT2D eigenvalue weighted by atomic mass is 19.1. The highest BCUT2D eigenvalue weighted by Gasteiger charge is 2.12. The molecule has 0 saturated carbocycles. The van der Waals surface area contributed by atoms with Gasteiger partial charge in [0, 0.05) is 37.8 Å². The minimum Gasteiger partial charge on any atom is -0.474 e. The van der Waals surface area contributed by atoms with E-state index in [9.17, 15) is 14.0 Å². The zero-order chi connectivity index (χ0) is 22.9. The number of amides is 2. The number of carbonyl (C=O) groups excluding carboxylic acids is 2. The second-order valence-electron chi connectivity index (χ2n) is 6.54. The average molecular weight is 444 g/mol. The monoisotopic (exact) mass is 444 g/mol. The number of nitrogens with one attached hydrogen (secondary N) is 2. The number of carbonyl (C=O) groups is 2. The van der Waals surface area contributed by atoms with E-state index in [1.807, 2.05) is 0 Å². The molecule has 168 valence electrons. The van der Waals surface area contributed by atoms with Crippen LogP contribution in [0.4, 0.5) is 15.9 Å². The van der Waals surface area contributed by atoms with Crippen molar-refractivity contribution in [1.29, 1.82) is 0 Å². The van der Waals surface area contributed by atoms with Gasteiger partial charge in [-0.25, -0.2) is 4.98 Å². The number of aryl methyl sites for hydroxylation is 1.